The maximum absolute atomic E-state index is 13.3. The van der Waals surface area contributed by atoms with E-state index in [0.29, 0.717) is 24.5 Å². The van der Waals surface area contributed by atoms with Crippen molar-refractivity contribution in [1.29, 1.82) is 0 Å². The van der Waals surface area contributed by atoms with E-state index < -0.39 is 23.6 Å². The van der Waals surface area contributed by atoms with Crippen LogP contribution in [0, 0.1) is 12.8 Å². The molecule has 1 aliphatic heterocycles. The molecule has 1 saturated carbocycles. The van der Waals surface area contributed by atoms with Crippen molar-refractivity contribution in [3.05, 3.63) is 59.2 Å². The molecule has 1 N–H and O–H groups in total. The lowest BCUT2D eigenvalue weighted by atomic mass is 10.0. The number of ether oxygens (including phenoxy) is 2. The summed E-state index contributed by atoms with van der Waals surface area (Å²) in [7, 11) is 0. The molecule has 1 saturated heterocycles. The Morgan fingerprint density at radius 2 is 2.03 bits per heavy atom. The number of aryl methyl sites for hydroxylation is 1. The Hall–Kier alpha value is -2.54. The summed E-state index contributed by atoms with van der Waals surface area (Å²) in [6.07, 6.45) is -2.04. The number of nitrogens with one attached hydrogen (secondary N) is 1. The van der Waals surface area contributed by atoms with Crippen molar-refractivity contribution in [3.8, 4) is 5.75 Å². The molecule has 0 radical (unpaired) electrons. The fraction of sp³-hybridized carbons (Fsp3) is 0.435. The van der Waals surface area contributed by atoms with E-state index in [1.165, 1.54) is 12.1 Å². The third-order valence-corrected chi connectivity index (χ3v) is 5.64. The summed E-state index contributed by atoms with van der Waals surface area (Å²) in [6, 6.07) is 10.9. The van der Waals surface area contributed by atoms with Gasteiger partial charge in [-0.05, 0) is 61.4 Å². The Labute approximate surface area is 173 Å². The van der Waals surface area contributed by atoms with E-state index in [1.807, 2.05) is 19.1 Å². The quantitative estimate of drug-likeness (QED) is 0.690. The Balaban J connectivity index is 1.44. The monoisotopic (exact) mass is 419 g/mol. The molecule has 0 aromatic heterocycles. The number of benzene rings is 2. The topological polar surface area (TPSA) is 47.6 Å². The molecule has 4 rings (SSSR count). The van der Waals surface area contributed by atoms with Gasteiger partial charge in [-0.2, -0.15) is 13.2 Å². The first-order valence-electron chi connectivity index (χ1n) is 10.1. The third kappa shape index (κ3) is 4.61. The molecule has 3 unspecified atom stereocenters. The number of carbonyl (C=O) groups excluding carboxylic acids is 1. The minimum atomic E-state index is -4.43. The second kappa shape index (κ2) is 8.30. The smallest absolute Gasteiger partial charge is 0.416 e. The number of rotatable bonds is 6. The van der Waals surface area contributed by atoms with Gasteiger partial charge in [0.2, 0.25) is 5.91 Å². The van der Waals surface area contributed by atoms with Gasteiger partial charge in [0.25, 0.3) is 0 Å². The van der Waals surface area contributed by atoms with Gasteiger partial charge in [-0.25, -0.2) is 0 Å². The lowest BCUT2D eigenvalue weighted by molar-refractivity contribution is -0.138. The molecule has 30 heavy (non-hydrogen) atoms. The van der Waals surface area contributed by atoms with Crippen LogP contribution in [0.1, 0.15) is 41.9 Å². The summed E-state index contributed by atoms with van der Waals surface area (Å²) in [4.78, 5) is 12.7. The van der Waals surface area contributed by atoms with Gasteiger partial charge in [0.15, 0.2) is 0 Å². The molecule has 1 amide bonds. The van der Waals surface area contributed by atoms with Crippen molar-refractivity contribution in [1.82, 2.24) is 0 Å². The van der Waals surface area contributed by atoms with Crippen LogP contribution in [0.2, 0.25) is 0 Å². The molecule has 2 aliphatic rings. The highest BCUT2D eigenvalue weighted by Gasteiger charge is 2.48. The fourth-order valence-electron chi connectivity index (χ4n) is 3.94. The highest BCUT2D eigenvalue weighted by Crippen LogP contribution is 2.51. The van der Waals surface area contributed by atoms with E-state index in [2.05, 4.69) is 5.32 Å². The second-order valence-electron chi connectivity index (χ2n) is 7.97. The van der Waals surface area contributed by atoms with Gasteiger partial charge in [0.05, 0.1) is 17.4 Å². The van der Waals surface area contributed by atoms with Gasteiger partial charge in [0, 0.05) is 12.5 Å². The summed E-state index contributed by atoms with van der Waals surface area (Å²) in [5, 5.41) is 2.85. The first kappa shape index (κ1) is 20.7. The molecule has 2 aromatic rings. The average molecular weight is 419 g/mol. The minimum Gasteiger partial charge on any atom is -0.489 e. The van der Waals surface area contributed by atoms with Crippen LogP contribution in [0.15, 0.2) is 42.5 Å². The Bertz CT molecular complexity index is 922. The summed E-state index contributed by atoms with van der Waals surface area (Å²) in [5.74, 6) is -0.653. The minimum absolute atomic E-state index is 0.0424. The molecule has 0 spiro atoms. The summed E-state index contributed by atoms with van der Waals surface area (Å²) in [6.45, 7) is 3.06. The van der Waals surface area contributed by atoms with E-state index in [1.54, 1.807) is 12.1 Å². The molecule has 160 valence electrons. The average Bonchev–Trinajstić information content (AvgIpc) is 3.34. The summed E-state index contributed by atoms with van der Waals surface area (Å²) < 4.78 is 51.3. The first-order valence-corrected chi connectivity index (χ1v) is 10.1. The number of anilines is 1. The predicted octanol–water partition coefficient (Wildman–Crippen LogP) is 5.31. The first-order chi connectivity index (χ1) is 14.3. The van der Waals surface area contributed by atoms with Gasteiger partial charge < -0.3 is 14.8 Å². The Kier molecular flexibility index (Phi) is 5.73. The summed E-state index contributed by atoms with van der Waals surface area (Å²) >= 11 is 0. The molecule has 1 heterocycles. The SMILES string of the molecule is Cc1ccc(NC(=O)C2CC2c2ccccc2C(F)(F)F)c(OCC2CCCO2)c1. The zero-order valence-corrected chi connectivity index (χ0v) is 16.7. The van der Waals surface area contributed by atoms with Crippen LogP contribution in [0.5, 0.6) is 5.75 Å². The lowest BCUT2D eigenvalue weighted by Gasteiger charge is -2.16. The van der Waals surface area contributed by atoms with Crippen molar-refractivity contribution < 1.29 is 27.4 Å². The highest BCUT2D eigenvalue weighted by molar-refractivity contribution is 5.96. The molecular formula is C23H24F3NO3. The van der Waals surface area contributed by atoms with Crippen molar-refractivity contribution >= 4 is 11.6 Å². The number of amides is 1. The van der Waals surface area contributed by atoms with Crippen molar-refractivity contribution in [2.24, 2.45) is 5.92 Å². The Morgan fingerprint density at radius 1 is 1.23 bits per heavy atom. The molecule has 4 nitrogen and oxygen atoms in total. The van der Waals surface area contributed by atoms with Gasteiger partial charge in [0.1, 0.15) is 12.4 Å². The second-order valence-corrected chi connectivity index (χ2v) is 7.97. The van der Waals surface area contributed by atoms with Crippen molar-refractivity contribution in [2.75, 3.05) is 18.5 Å². The zero-order valence-electron chi connectivity index (χ0n) is 16.7. The molecule has 1 aliphatic carbocycles. The van der Waals surface area contributed by atoms with Crippen LogP contribution in [-0.2, 0) is 15.7 Å². The highest BCUT2D eigenvalue weighted by atomic mass is 19.4. The number of alkyl halides is 3. The van der Waals surface area contributed by atoms with Gasteiger partial charge in [-0.15, -0.1) is 0 Å². The van der Waals surface area contributed by atoms with E-state index in [0.717, 1.165) is 31.1 Å². The van der Waals surface area contributed by atoms with E-state index >= 15 is 0 Å². The standard InChI is InChI=1S/C23H24F3NO3/c1-14-8-9-20(21(11-14)30-13-15-5-4-10-29-15)27-22(28)18-12-17(18)16-6-2-3-7-19(16)23(24,25)26/h2-3,6-9,11,15,17-18H,4-5,10,12-13H2,1H3,(H,27,28). The van der Waals surface area contributed by atoms with Crippen LogP contribution in [0.4, 0.5) is 18.9 Å². The normalized spacial score (nSPS) is 23.3. The lowest BCUT2D eigenvalue weighted by Crippen LogP contribution is -2.19. The molecule has 0 bridgehead atoms. The number of carbonyl (C=O) groups is 1. The van der Waals surface area contributed by atoms with Crippen LogP contribution in [-0.4, -0.2) is 25.2 Å². The molecule has 3 atom stereocenters. The molecular weight excluding hydrogens is 395 g/mol. The van der Waals surface area contributed by atoms with E-state index in [4.69, 9.17) is 9.47 Å². The van der Waals surface area contributed by atoms with Gasteiger partial charge in [-0.1, -0.05) is 24.3 Å². The van der Waals surface area contributed by atoms with Gasteiger partial charge >= 0.3 is 6.18 Å². The zero-order chi connectivity index (χ0) is 21.3. The Morgan fingerprint density at radius 3 is 2.77 bits per heavy atom. The number of hydrogen-bond donors (Lipinski definition) is 1. The van der Waals surface area contributed by atoms with Crippen molar-refractivity contribution in [3.63, 3.8) is 0 Å². The van der Waals surface area contributed by atoms with Crippen LogP contribution in [0.25, 0.3) is 0 Å². The fourth-order valence-corrected chi connectivity index (χ4v) is 3.94. The van der Waals surface area contributed by atoms with Crippen LogP contribution in [0.3, 0.4) is 0 Å². The third-order valence-electron chi connectivity index (χ3n) is 5.64. The predicted molar refractivity (Wildman–Crippen MR) is 107 cm³/mol. The molecule has 2 aromatic carbocycles. The van der Waals surface area contributed by atoms with E-state index in [-0.39, 0.29) is 17.6 Å². The van der Waals surface area contributed by atoms with Crippen LogP contribution < -0.4 is 10.1 Å². The number of hydrogen-bond acceptors (Lipinski definition) is 3. The van der Waals surface area contributed by atoms with Gasteiger partial charge in [-0.3, -0.25) is 4.79 Å². The molecule has 2 fully saturated rings. The summed E-state index contributed by atoms with van der Waals surface area (Å²) in [5.41, 5.74) is 1.03. The largest absolute Gasteiger partial charge is 0.489 e. The van der Waals surface area contributed by atoms with E-state index in [9.17, 15) is 18.0 Å². The maximum atomic E-state index is 13.3. The molecule has 7 heteroatoms. The number of halogens is 3. The van der Waals surface area contributed by atoms with Crippen molar-refractivity contribution in [2.45, 2.75) is 44.4 Å². The van der Waals surface area contributed by atoms with Crippen LogP contribution >= 0.6 is 0 Å². The maximum Gasteiger partial charge on any atom is 0.416 e.